The number of benzene rings is 1. The number of ether oxygens (including phenoxy) is 1. The van der Waals surface area contributed by atoms with E-state index in [1.54, 1.807) is 39.2 Å². The number of nitrogens with one attached hydrogen (secondary N) is 1. The number of nitrogens with zero attached hydrogens (tertiary/aromatic N) is 2. The van der Waals surface area contributed by atoms with Gasteiger partial charge < -0.3 is 20.2 Å². The van der Waals surface area contributed by atoms with E-state index in [9.17, 15) is 0 Å². The first-order valence-electron chi connectivity index (χ1n) is 5.63. The van der Waals surface area contributed by atoms with Gasteiger partial charge in [-0.05, 0) is 32.0 Å². The van der Waals surface area contributed by atoms with E-state index in [1.165, 1.54) is 0 Å². The first-order chi connectivity index (χ1) is 8.90. The van der Waals surface area contributed by atoms with Crippen molar-refractivity contribution in [2.24, 2.45) is 5.73 Å². The third kappa shape index (κ3) is 3.15. The van der Waals surface area contributed by atoms with Gasteiger partial charge in [-0.3, -0.25) is 0 Å². The second-order valence-corrected chi connectivity index (χ2v) is 5.04. The van der Waals surface area contributed by atoms with Gasteiger partial charge in [-0.15, -0.1) is 5.10 Å². The van der Waals surface area contributed by atoms with Crippen LogP contribution in [0.3, 0.4) is 0 Å². The third-order valence-corrected chi connectivity index (χ3v) is 2.61. The van der Waals surface area contributed by atoms with Crippen molar-refractivity contribution in [1.82, 2.24) is 10.2 Å². The number of methoxy groups -OCH3 is 1. The topological polar surface area (TPSA) is 86.2 Å². The molecule has 6 nitrogen and oxygen atoms in total. The van der Waals surface area contributed by atoms with Crippen LogP contribution in [0.2, 0.25) is 5.02 Å². The predicted molar refractivity (Wildman–Crippen MR) is 72.8 cm³/mol. The summed E-state index contributed by atoms with van der Waals surface area (Å²) in [6.45, 7) is 3.56. The van der Waals surface area contributed by atoms with Crippen LogP contribution in [0.15, 0.2) is 22.6 Å². The minimum Gasteiger partial charge on any atom is -0.495 e. The van der Waals surface area contributed by atoms with Gasteiger partial charge in [0.1, 0.15) is 5.75 Å². The van der Waals surface area contributed by atoms with Crippen LogP contribution in [0.4, 0.5) is 11.7 Å². The Bertz CT molecular complexity index is 577. The van der Waals surface area contributed by atoms with Crippen LogP contribution < -0.4 is 15.8 Å². The summed E-state index contributed by atoms with van der Waals surface area (Å²) >= 11 is 5.94. The summed E-state index contributed by atoms with van der Waals surface area (Å²) < 4.78 is 10.6. The molecule has 0 aliphatic rings. The summed E-state index contributed by atoms with van der Waals surface area (Å²) in [6, 6.07) is 5.41. The van der Waals surface area contributed by atoms with E-state index in [4.69, 9.17) is 26.5 Å². The molecule has 1 aromatic heterocycles. The standard InChI is InChI=1S/C12H15ClN4O2/c1-12(2,14)10-16-17-11(19-10)15-8-6-7(13)4-5-9(8)18-3/h4-6H,14H2,1-3H3,(H,15,17). The molecule has 0 saturated carbocycles. The molecule has 0 fully saturated rings. The van der Waals surface area contributed by atoms with E-state index in [0.717, 1.165) is 0 Å². The molecule has 102 valence electrons. The van der Waals surface area contributed by atoms with Crippen molar-refractivity contribution in [1.29, 1.82) is 0 Å². The van der Waals surface area contributed by atoms with Gasteiger partial charge in [0.15, 0.2) is 0 Å². The molecule has 0 unspecified atom stereocenters. The first kappa shape index (κ1) is 13.6. The highest BCUT2D eigenvalue weighted by molar-refractivity contribution is 6.30. The SMILES string of the molecule is COc1ccc(Cl)cc1Nc1nnc(C(C)(C)N)o1. The van der Waals surface area contributed by atoms with Crippen LogP contribution >= 0.6 is 11.6 Å². The van der Waals surface area contributed by atoms with Crippen LogP contribution in [0.1, 0.15) is 19.7 Å². The summed E-state index contributed by atoms with van der Waals surface area (Å²) in [5.74, 6) is 0.965. The highest BCUT2D eigenvalue weighted by Crippen LogP contribution is 2.30. The summed E-state index contributed by atoms with van der Waals surface area (Å²) in [5.41, 5.74) is 5.82. The Morgan fingerprint density at radius 1 is 1.37 bits per heavy atom. The molecule has 0 saturated heterocycles. The zero-order valence-corrected chi connectivity index (χ0v) is 11.7. The molecule has 7 heteroatoms. The maximum Gasteiger partial charge on any atom is 0.320 e. The summed E-state index contributed by atoms with van der Waals surface area (Å²) in [4.78, 5) is 0. The molecule has 0 atom stereocenters. The Morgan fingerprint density at radius 3 is 2.68 bits per heavy atom. The molecule has 19 heavy (non-hydrogen) atoms. The fourth-order valence-electron chi connectivity index (χ4n) is 1.43. The second kappa shape index (κ2) is 5.07. The molecular formula is C12H15ClN4O2. The zero-order chi connectivity index (χ0) is 14.0. The highest BCUT2D eigenvalue weighted by Gasteiger charge is 2.22. The molecule has 0 bridgehead atoms. The molecule has 2 rings (SSSR count). The molecule has 0 radical (unpaired) electrons. The fourth-order valence-corrected chi connectivity index (χ4v) is 1.60. The lowest BCUT2D eigenvalue weighted by Gasteiger charge is -2.12. The van der Waals surface area contributed by atoms with E-state index in [1.807, 2.05) is 0 Å². The number of aromatic nitrogens is 2. The van der Waals surface area contributed by atoms with Crippen molar-refractivity contribution in [3.05, 3.63) is 29.1 Å². The second-order valence-electron chi connectivity index (χ2n) is 4.60. The van der Waals surface area contributed by atoms with Gasteiger partial charge in [0.05, 0.1) is 18.3 Å². The van der Waals surface area contributed by atoms with Gasteiger partial charge in [0, 0.05) is 5.02 Å². The van der Waals surface area contributed by atoms with Crippen LogP contribution in [0.25, 0.3) is 0 Å². The Balaban J connectivity index is 2.26. The lowest BCUT2D eigenvalue weighted by molar-refractivity contribution is 0.385. The van der Waals surface area contributed by atoms with E-state index in [2.05, 4.69) is 15.5 Å². The van der Waals surface area contributed by atoms with Gasteiger partial charge >= 0.3 is 6.01 Å². The first-order valence-corrected chi connectivity index (χ1v) is 6.01. The Morgan fingerprint density at radius 2 is 2.11 bits per heavy atom. The van der Waals surface area contributed by atoms with Crippen molar-refractivity contribution >= 4 is 23.3 Å². The zero-order valence-electron chi connectivity index (χ0n) is 10.9. The van der Waals surface area contributed by atoms with Crippen molar-refractivity contribution in [3.63, 3.8) is 0 Å². The van der Waals surface area contributed by atoms with Gasteiger partial charge in [-0.25, -0.2) is 0 Å². The van der Waals surface area contributed by atoms with Gasteiger partial charge in [-0.2, -0.15) is 0 Å². The molecule has 1 heterocycles. The monoisotopic (exact) mass is 282 g/mol. The van der Waals surface area contributed by atoms with Crippen LogP contribution in [-0.4, -0.2) is 17.3 Å². The number of halogens is 1. The van der Waals surface area contributed by atoms with Crippen molar-refractivity contribution < 1.29 is 9.15 Å². The molecule has 0 spiro atoms. The van der Waals surface area contributed by atoms with E-state index < -0.39 is 5.54 Å². The highest BCUT2D eigenvalue weighted by atomic mass is 35.5. The molecule has 3 N–H and O–H groups in total. The molecular weight excluding hydrogens is 268 g/mol. The van der Waals surface area contributed by atoms with Crippen LogP contribution in [0, 0.1) is 0 Å². The van der Waals surface area contributed by atoms with Crippen LogP contribution in [-0.2, 0) is 5.54 Å². The Kier molecular flexibility index (Phi) is 3.64. The third-order valence-electron chi connectivity index (χ3n) is 2.38. The van der Waals surface area contributed by atoms with Gasteiger partial charge in [-0.1, -0.05) is 16.7 Å². The summed E-state index contributed by atoms with van der Waals surface area (Å²) in [5, 5.41) is 11.3. The molecule has 2 aromatic rings. The lowest BCUT2D eigenvalue weighted by atomic mass is 10.1. The van der Waals surface area contributed by atoms with Crippen LogP contribution in [0.5, 0.6) is 5.75 Å². The van der Waals surface area contributed by atoms with E-state index in [0.29, 0.717) is 22.4 Å². The maximum atomic E-state index is 5.94. The molecule has 1 aromatic carbocycles. The fraction of sp³-hybridized carbons (Fsp3) is 0.333. The molecule has 0 amide bonds. The van der Waals surface area contributed by atoms with Crippen molar-refractivity contribution in [2.75, 3.05) is 12.4 Å². The lowest BCUT2D eigenvalue weighted by Crippen LogP contribution is -2.29. The molecule has 0 aliphatic carbocycles. The number of hydrogen-bond acceptors (Lipinski definition) is 6. The largest absolute Gasteiger partial charge is 0.495 e. The van der Waals surface area contributed by atoms with Gasteiger partial charge in [0.2, 0.25) is 5.89 Å². The predicted octanol–water partition coefficient (Wildman–Crippen LogP) is 2.67. The van der Waals surface area contributed by atoms with E-state index in [-0.39, 0.29) is 6.01 Å². The minimum atomic E-state index is -0.689. The smallest absolute Gasteiger partial charge is 0.320 e. The van der Waals surface area contributed by atoms with Gasteiger partial charge in [0.25, 0.3) is 0 Å². The number of anilines is 2. The number of nitrogens with two attached hydrogens (primary N) is 1. The quantitative estimate of drug-likeness (QED) is 0.896. The summed E-state index contributed by atoms with van der Waals surface area (Å²) in [6.07, 6.45) is 0. The number of hydrogen-bond donors (Lipinski definition) is 2. The maximum absolute atomic E-state index is 5.94. The average Bonchev–Trinajstić information content (AvgIpc) is 2.77. The average molecular weight is 283 g/mol. The minimum absolute atomic E-state index is 0.231. The van der Waals surface area contributed by atoms with Crippen molar-refractivity contribution in [3.8, 4) is 5.75 Å². The number of rotatable bonds is 4. The normalized spacial score (nSPS) is 11.4. The Hall–Kier alpha value is -1.79. The molecule has 0 aliphatic heterocycles. The van der Waals surface area contributed by atoms with E-state index >= 15 is 0 Å². The summed E-state index contributed by atoms with van der Waals surface area (Å²) in [7, 11) is 1.57. The Labute approximate surface area is 115 Å². The van der Waals surface area contributed by atoms with Crippen molar-refractivity contribution in [2.45, 2.75) is 19.4 Å².